The number of amides is 1. The molecule has 1 amide bonds. The summed E-state index contributed by atoms with van der Waals surface area (Å²) in [4.78, 5) is 14.4. The third-order valence-corrected chi connectivity index (χ3v) is 6.11. The zero-order valence-electron chi connectivity index (χ0n) is 17.9. The number of likely N-dealkylation sites (N-methyl/N-ethyl adjacent to an activating group) is 1. The second-order valence-corrected chi connectivity index (χ2v) is 9.41. The Hall–Kier alpha value is -2.60. The Morgan fingerprint density at radius 2 is 1.62 bits per heavy atom. The molecule has 29 heavy (non-hydrogen) atoms. The lowest BCUT2D eigenvalue weighted by Crippen LogP contribution is -2.26. The fourth-order valence-electron chi connectivity index (χ4n) is 3.02. The van der Waals surface area contributed by atoms with Gasteiger partial charge in [0.25, 0.3) is 0 Å². The Kier molecular flexibility index (Phi) is 6.13. The number of thioether (sulfide) groups is 1. The first kappa shape index (κ1) is 21.1. The molecule has 0 bridgehead atoms. The highest BCUT2D eigenvalue weighted by molar-refractivity contribution is 8.00. The topological polar surface area (TPSA) is 51.0 Å². The molecule has 6 heteroatoms. The van der Waals surface area contributed by atoms with Gasteiger partial charge in [-0.1, -0.05) is 87.1 Å². The molecule has 0 saturated carbocycles. The molecule has 0 N–H and O–H groups in total. The minimum absolute atomic E-state index is 0.0280. The van der Waals surface area contributed by atoms with Crippen molar-refractivity contribution in [2.45, 2.75) is 36.6 Å². The van der Waals surface area contributed by atoms with Gasteiger partial charge in [-0.2, -0.15) is 0 Å². The van der Waals surface area contributed by atoms with Crippen LogP contribution in [0.3, 0.4) is 0 Å². The van der Waals surface area contributed by atoms with Crippen LogP contribution in [0.1, 0.15) is 37.1 Å². The summed E-state index contributed by atoms with van der Waals surface area (Å²) in [6, 6.07) is 18.2. The quantitative estimate of drug-likeness (QED) is 0.574. The Balaban J connectivity index is 1.90. The first-order valence-electron chi connectivity index (χ1n) is 9.61. The number of rotatable bonds is 5. The van der Waals surface area contributed by atoms with Crippen LogP contribution in [-0.4, -0.2) is 39.7 Å². The van der Waals surface area contributed by atoms with E-state index >= 15 is 0 Å². The van der Waals surface area contributed by atoms with Crippen molar-refractivity contribution in [2.24, 2.45) is 7.05 Å². The van der Waals surface area contributed by atoms with Gasteiger partial charge in [-0.15, -0.1) is 10.2 Å². The largest absolute Gasteiger partial charge is 0.348 e. The van der Waals surface area contributed by atoms with Crippen LogP contribution in [0.25, 0.3) is 11.4 Å². The molecule has 2 aromatic carbocycles. The standard InChI is InChI=1S/C23H28N4OS/c1-23(2,3)18-14-12-17(13-15-18)20-24-25-22(27(20)6)29-19(21(28)26(4)5)16-10-8-7-9-11-16/h7-15,19H,1-6H3/t19-/m0/s1. The summed E-state index contributed by atoms with van der Waals surface area (Å²) in [5.41, 5.74) is 3.35. The lowest BCUT2D eigenvalue weighted by atomic mass is 9.87. The number of carbonyl (C=O) groups excluding carboxylic acids is 1. The molecule has 0 aliphatic rings. The van der Waals surface area contributed by atoms with Crippen LogP contribution in [0.5, 0.6) is 0 Å². The summed E-state index contributed by atoms with van der Waals surface area (Å²) in [5, 5.41) is 9.11. The van der Waals surface area contributed by atoms with Crippen LogP contribution in [0.2, 0.25) is 0 Å². The van der Waals surface area contributed by atoms with Crippen molar-refractivity contribution in [1.82, 2.24) is 19.7 Å². The second kappa shape index (κ2) is 8.41. The van der Waals surface area contributed by atoms with Crippen LogP contribution in [0.15, 0.2) is 59.8 Å². The summed E-state index contributed by atoms with van der Waals surface area (Å²) in [6.07, 6.45) is 0. The maximum absolute atomic E-state index is 12.8. The third kappa shape index (κ3) is 4.70. The zero-order chi connectivity index (χ0) is 21.2. The lowest BCUT2D eigenvalue weighted by molar-refractivity contribution is -0.128. The SMILES string of the molecule is CN(C)C(=O)[C@@H](Sc1nnc(-c2ccc(C(C)(C)C)cc2)n1C)c1ccccc1. The normalized spacial score (nSPS) is 12.6. The molecule has 3 rings (SSSR count). The van der Waals surface area contributed by atoms with Crippen molar-refractivity contribution in [3.05, 3.63) is 65.7 Å². The van der Waals surface area contributed by atoms with Crippen molar-refractivity contribution in [2.75, 3.05) is 14.1 Å². The second-order valence-electron chi connectivity index (χ2n) is 8.33. The number of carbonyl (C=O) groups is 1. The van der Waals surface area contributed by atoms with Gasteiger partial charge in [-0.25, -0.2) is 0 Å². The minimum Gasteiger partial charge on any atom is -0.348 e. The van der Waals surface area contributed by atoms with Crippen LogP contribution >= 0.6 is 11.8 Å². The van der Waals surface area contributed by atoms with Gasteiger partial charge in [0.2, 0.25) is 5.91 Å². The number of aromatic nitrogens is 3. The monoisotopic (exact) mass is 408 g/mol. The number of hydrogen-bond acceptors (Lipinski definition) is 4. The van der Waals surface area contributed by atoms with E-state index in [0.29, 0.717) is 5.16 Å². The molecule has 152 valence electrons. The third-order valence-electron chi connectivity index (χ3n) is 4.83. The van der Waals surface area contributed by atoms with Crippen molar-refractivity contribution < 1.29 is 4.79 Å². The average Bonchev–Trinajstić information content (AvgIpc) is 3.06. The van der Waals surface area contributed by atoms with Gasteiger partial charge >= 0.3 is 0 Å². The highest BCUT2D eigenvalue weighted by atomic mass is 32.2. The zero-order valence-corrected chi connectivity index (χ0v) is 18.7. The van der Waals surface area contributed by atoms with Crippen LogP contribution < -0.4 is 0 Å². The molecule has 0 aliphatic heterocycles. The van der Waals surface area contributed by atoms with Crippen molar-refractivity contribution >= 4 is 17.7 Å². The molecule has 3 aromatic rings. The van der Waals surface area contributed by atoms with E-state index in [4.69, 9.17) is 0 Å². The predicted molar refractivity (Wildman–Crippen MR) is 119 cm³/mol. The van der Waals surface area contributed by atoms with E-state index in [1.165, 1.54) is 17.3 Å². The lowest BCUT2D eigenvalue weighted by Gasteiger charge is -2.20. The molecule has 1 atom stereocenters. The molecule has 1 aromatic heterocycles. The van der Waals surface area contributed by atoms with Crippen molar-refractivity contribution in [3.63, 3.8) is 0 Å². The molecule has 1 heterocycles. The van der Waals surface area contributed by atoms with E-state index in [2.05, 4.69) is 55.2 Å². The van der Waals surface area contributed by atoms with Gasteiger partial charge in [0.1, 0.15) is 5.25 Å². The Morgan fingerprint density at radius 1 is 1.00 bits per heavy atom. The molecule has 0 fully saturated rings. The highest BCUT2D eigenvalue weighted by Crippen LogP contribution is 2.36. The van der Waals surface area contributed by atoms with E-state index < -0.39 is 0 Å². The van der Waals surface area contributed by atoms with Gasteiger partial charge in [0.15, 0.2) is 11.0 Å². The van der Waals surface area contributed by atoms with Crippen molar-refractivity contribution in [3.8, 4) is 11.4 Å². The average molecular weight is 409 g/mol. The van der Waals surface area contributed by atoms with E-state index in [9.17, 15) is 4.79 Å². The fraction of sp³-hybridized carbons (Fsp3) is 0.348. The Morgan fingerprint density at radius 3 is 2.17 bits per heavy atom. The first-order chi connectivity index (χ1) is 13.7. The van der Waals surface area contributed by atoms with E-state index in [1.54, 1.807) is 19.0 Å². The number of benzene rings is 2. The van der Waals surface area contributed by atoms with Gasteiger partial charge in [-0.3, -0.25) is 4.79 Å². The highest BCUT2D eigenvalue weighted by Gasteiger charge is 2.26. The van der Waals surface area contributed by atoms with Gasteiger partial charge < -0.3 is 9.47 Å². The van der Waals surface area contributed by atoms with Gasteiger partial charge in [0, 0.05) is 26.7 Å². The van der Waals surface area contributed by atoms with Gasteiger partial charge in [-0.05, 0) is 16.5 Å². The maximum atomic E-state index is 12.8. The molecule has 0 saturated heterocycles. The number of nitrogens with zero attached hydrogens (tertiary/aromatic N) is 4. The molecule has 0 aliphatic carbocycles. The summed E-state index contributed by atoms with van der Waals surface area (Å²) >= 11 is 1.43. The van der Waals surface area contributed by atoms with Crippen LogP contribution in [-0.2, 0) is 17.3 Å². The molecular formula is C23H28N4OS. The molecule has 0 spiro atoms. The maximum Gasteiger partial charge on any atom is 0.240 e. The summed E-state index contributed by atoms with van der Waals surface area (Å²) in [5.74, 6) is 0.817. The summed E-state index contributed by atoms with van der Waals surface area (Å²) < 4.78 is 1.95. The molecule has 5 nitrogen and oxygen atoms in total. The molecule has 0 radical (unpaired) electrons. The summed E-state index contributed by atoms with van der Waals surface area (Å²) in [7, 11) is 5.49. The fourth-order valence-corrected chi connectivity index (χ4v) is 4.17. The van der Waals surface area contributed by atoms with E-state index in [-0.39, 0.29) is 16.6 Å². The van der Waals surface area contributed by atoms with E-state index in [0.717, 1.165) is 17.0 Å². The van der Waals surface area contributed by atoms with Gasteiger partial charge in [0.05, 0.1) is 0 Å². The number of hydrogen-bond donors (Lipinski definition) is 0. The van der Waals surface area contributed by atoms with Crippen LogP contribution in [0.4, 0.5) is 0 Å². The summed E-state index contributed by atoms with van der Waals surface area (Å²) in [6.45, 7) is 6.60. The smallest absolute Gasteiger partial charge is 0.240 e. The minimum atomic E-state index is -0.370. The molecule has 0 unspecified atom stereocenters. The van der Waals surface area contributed by atoms with Crippen LogP contribution in [0, 0.1) is 0 Å². The van der Waals surface area contributed by atoms with E-state index in [1.807, 2.05) is 41.9 Å². The predicted octanol–water partition coefficient (Wildman–Crippen LogP) is 4.70. The first-order valence-corrected chi connectivity index (χ1v) is 10.5. The Bertz CT molecular complexity index is 972. The van der Waals surface area contributed by atoms with Crippen molar-refractivity contribution in [1.29, 1.82) is 0 Å². The molecular weight excluding hydrogens is 380 g/mol. The Labute approximate surface area is 177 Å².